The number of rotatable bonds is 1. The van der Waals surface area contributed by atoms with Crippen LogP contribution in [-0.4, -0.2) is 14.8 Å². The number of nitrogens with zero attached hydrogens (tertiary/aromatic N) is 2. The van der Waals surface area contributed by atoms with Crippen molar-refractivity contribution in [2.45, 2.75) is 6.18 Å². The van der Waals surface area contributed by atoms with Crippen LogP contribution >= 0.6 is 15.9 Å². The van der Waals surface area contributed by atoms with Gasteiger partial charge >= 0.3 is 11.9 Å². The summed E-state index contributed by atoms with van der Waals surface area (Å²) in [6.07, 6.45) is -3.77. The maximum atomic E-state index is 12.7. The van der Waals surface area contributed by atoms with Crippen molar-refractivity contribution in [1.29, 1.82) is 0 Å². The van der Waals surface area contributed by atoms with Crippen LogP contribution in [0.4, 0.5) is 13.2 Å². The van der Waals surface area contributed by atoms with Crippen LogP contribution in [0.1, 0.15) is 5.56 Å². The predicted molar refractivity (Wildman–Crippen MR) is 63.2 cm³/mol. The maximum absolute atomic E-state index is 12.7. The molecule has 0 amide bonds. The van der Waals surface area contributed by atoms with Crippen LogP contribution in [0.2, 0.25) is 0 Å². The fourth-order valence-corrected chi connectivity index (χ4v) is 1.87. The van der Waals surface area contributed by atoms with Gasteiger partial charge in [-0.15, -0.1) is 0 Å². The molecule has 1 aromatic heterocycles. The number of aromatic nitrogens is 3. The van der Waals surface area contributed by atoms with Gasteiger partial charge in [0.05, 0.1) is 11.3 Å². The van der Waals surface area contributed by atoms with Gasteiger partial charge in [0.2, 0.25) is 0 Å². The van der Waals surface area contributed by atoms with Gasteiger partial charge in [0.15, 0.2) is 0 Å². The van der Waals surface area contributed by atoms with Gasteiger partial charge < -0.3 is 0 Å². The Morgan fingerprint density at radius 1 is 1.26 bits per heavy atom. The Bertz CT molecular complexity index is 736. The highest BCUT2D eigenvalue weighted by molar-refractivity contribution is 9.10. The summed E-state index contributed by atoms with van der Waals surface area (Å²) in [5, 5.41) is 3.48. The smallest absolute Gasteiger partial charge is 0.271 e. The van der Waals surface area contributed by atoms with Crippen molar-refractivity contribution in [2.75, 3.05) is 0 Å². The Labute approximate surface area is 111 Å². The van der Waals surface area contributed by atoms with E-state index in [2.05, 4.69) is 21.0 Å². The first-order valence-electron chi connectivity index (χ1n) is 4.85. The van der Waals surface area contributed by atoms with E-state index in [1.807, 2.05) is 4.98 Å². The van der Waals surface area contributed by atoms with Crippen molar-refractivity contribution in [1.82, 2.24) is 14.8 Å². The summed E-state index contributed by atoms with van der Waals surface area (Å²) < 4.78 is 38.7. The first-order chi connectivity index (χ1) is 8.79. The number of hydrogen-bond donors (Lipinski definition) is 1. The zero-order valence-corrected chi connectivity index (χ0v) is 10.6. The number of benzene rings is 1. The zero-order valence-electron chi connectivity index (χ0n) is 9.03. The standard InChI is InChI=1S/C10H5BrF3N3O2/c11-7-2-1-5(3-6(7)10(12,13)14)17-9(19)16-8(18)4-15-17/h1-4H,(H,16,18,19). The Morgan fingerprint density at radius 2 is 1.95 bits per heavy atom. The third kappa shape index (κ3) is 2.75. The lowest BCUT2D eigenvalue weighted by atomic mass is 10.2. The number of hydrogen-bond acceptors (Lipinski definition) is 3. The van der Waals surface area contributed by atoms with Crippen LogP contribution in [0.15, 0.2) is 38.5 Å². The van der Waals surface area contributed by atoms with Gasteiger partial charge in [0.25, 0.3) is 5.56 Å². The van der Waals surface area contributed by atoms with E-state index in [0.717, 1.165) is 18.3 Å². The Balaban J connectivity index is 2.65. The highest BCUT2D eigenvalue weighted by Gasteiger charge is 2.33. The summed E-state index contributed by atoms with van der Waals surface area (Å²) in [4.78, 5) is 24.2. The van der Waals surface area contributed by atoms with Crippen LogP contribution in [0.25, 0.3) is 5.69 Å². The van der Waals surface area contributed by atoms with Gasteiger partial charge in [-0.1, -0.05) is 15.9 Å². The maximum Gasteiger partial charge on any atom is 0.417 e. The molecular weight excluding hydrogens is 331 g/mol. The first-order valence-corrected chi connectivity index (χ1v) is 5.64. The van der Waals surface area contributed by atoms with E-state index in [4.69, 9.17) is 0 Å². The molecule has 0 atom stereocenters. The minimum absolute atomic E-state index is 0.100. The molecule has 0 aliphatic rings. The second-order valence-electron chi connectivity index (χ2n) is 3.51. The zero-order chi connectivity index (χ0) is 14.2. The molecule has 0 unspecified atom stereocenters. The molecule has 0 radical (unpaired) electrons. The summed E-state index contributed by atoms with van der Waals surface area (Å²) in [6, 6.07) is 3.18. The molecule has 2 aromatic rings. The molecule has 0 bridgehead atoms. The number of H-pyrrole nitrogens is 1. The lowest BCUT2D eigenvalue weighted by molar-refractivity contribution is -0.138. The summed E-state index contributed by atoms with van der Waals surface area (Å²) >= 11 is 2.78. The Kier molecular flexibility index (Phi) is 3.31. The second-order valence-corrected chi connectivity index (χ2v) is 4.37. The fraction of sp³-hybridized carbons (Fsp3) is 0.100. The van der Waals surface area contributed by atoms with E-state index in [1.54, 1.807) is 0 Å². The second kappa shape index (κ2) is 4.65. The van der Waals surface area contributed by atoms with E-state index >= 15 is 0 Å². The molecular formula is C10H5BrF3N3O2. The van der Waals surface area contributed by atoms with Gasteiger partial charge in [0, 0.05) is 4.47 Å². The van der Waals surface area contributed by atoms with E-state index in [0.29, 0.717) is 4.68 Å². The lowest BCUT2D eigenvalue weighted by Gasteiger charge is -2.11. The largest absolute Gasteiger partial charge is 0.417 e. The topological polar surface area (TPSA) is 67.8 Å². The van der Waals surface area contributed by atoms with Crippen molar-refractivity contribution in [3.05, 3.63) is 55.3 Å². The molecule has 100 valence electrons. The van der Waals surface area contributed by atoms with E-state index in [9.17, 15) is 22.8 Å². The Hall–Kier alpha value is -1.90. The Morgan fingerprint density at radius 3 is 2.53 bits per heavy atom. The number of alkyl halides is 3. The quantitative estimate of drug-likeness (QED) is 0.862. The molecule has 0 aliphatic heterocycles. The third-order valence-corrected chi connectivity index (χ3v) is 2.90. The summed E-state index contributed by atoms with van der Waals surface area (Å²) in [6.45, 7) is 0. The van der Waals surface area contributed by atoms with E-state index < -0.39 is 23.0 Å². The highest BCUT2D eigenvalue weighted by atomic mass is 79.9. The SMILES string of the molecule is O=c1cnn(-c2ccc(Br)c(C(F)(F)F)c2)c(=O)[nH]1. The van der Waals surface area contributed by atoms with Gasteiger partial charge in [0.1, 0.15) is 6.20 Å². The average molecular weight is 336 g/mol. The summed E-state index contributed by atoms with van der Waals surface area (Å²) in [5.74, 6) is 0. The highest BCUT2D eigenvalue weighted by Crippen LogP contribution is 2.35. The lowest BCUT2D eigenvalue weighted by Crippen LogP contribution is -2.30. The minimum atomic E-state index is -4.57. The molecule has 0 saturated carbocycles. The molecule has 0 aliphatic carbocycles. The van der Waals surface area contributed by atoms with Crippen LogP contribution in [-0.2, 0) is 6.18 Å². The van der Waals surface area contributed by atoms with Gasteiger partial charge in [-0.05, 0) is 18.2 Å². The molecule has 19 heavy (non-hydrogen) atoms. The third-order valence-electron chi connectivity index (χ3n) is 2.21. The number of nitrogens with one attached hydrogen (secondary N) is 1. The monoisotopic (exact) mass is 335 g/mol. The van der Waals surface area contributed by atoms with Crippen molar-refractivity contribution in [2.24, 2.45) is 0 Å². The molecule has 1 aromatic carbocycles. The van der Waals surface area contributed by atoms with Crippen LogP contribution < -0.4 is 11.2 Å². The minimum Gasteiger partial charge on any atom is -0.271 e. The van der Waals surface area contributed by atoms with Gasteiger partial charge in [-0.25, -0.2) is 4.79 Å². The molecule has 1 N–H and O–H groups in total. The molecule has 2 rings (SSSR count). The molecule has 0 fully saturated rings. The molecule has 9 heteroatoms. The van der Waals surface area contributed by atoms with E-state index in [-0.39, 0.29) is 10.2 Å². The van der Waals surface area contributed by atoms with Crippen molar-refractivity contribution < 1.29 is 13.2 Å². The molecule has 0 spiro atoms. The van der Waals surface area contributed by atoms with Crippen molar-refractivity contribution >= 4 is 15.9 Å². The average Bonchev–Trinajstić information content (AvgIpc) is 2.29. The number of aromatic amines is 1. The van der Waals surface area contributed by atoms with Crippen molar-refractivity contribution in [3.63, 3.8) is 0 Å². The van der Waals surface area contributed by atoms with E-state index in [1.165, 1.54) is 6.07 Å². The van der Waals surface area contributed by atoms with Gasteiger partial charge in [-0.2, -0.15) is 23.0 Å². The molecule has 1 heterocycles. The number of halogens is 4. The summed E-state index contributed by atoms with van der Waals surface area (Å²) in [7, 11) is 0. The van der Waals surface area contributed by atoms with Crippen LogP contribution in [0.3, 0.4) is 0 Å². The molecule has 0 saturated heterocycles. The fourth-order valence-electron chi connectivity index (χ4n) is 1.40. The predicted octanol–water partition coefficient (Wildman–Crippen LogP) is 1.70. The first kappa shape index (κ1) is 13.5. The van der Waals surface area contributed by atoms with Gasteiger partial charge in [-0.3, -0.25) is 9.78 Å². The normalized spacial score (nSPS) is 11.6. The summed E-state index contributed by atoms with van der Waals surface area (Å²) in [5.41, 5.74) is -2.68. The van der Waals surface area contributed by atoms with Crippen LogP contribution in [0, 0.1) is 0 Å². The van der Waals surface area contributed by atoms with Crippen LogP contribution in [0.5, 0.6) is 0 Å². The molecule has 5 nitrogen and oxygen atoms in total. The van der Waals surface area contributed by atoms with Crippen molar-refractivity contribution in [3.8, 4) is 5.69 Å².